The van der Waals surface area contributed by atoms with Gasteiger partial charge >= 0.3 is 0 Å². The maximum Gasteiger partial charge on any atom is 0.245 e. The van der Waals surface area contributed by atoms with Gasteiger partial charge in [0, 0.05) is 6.42 Å². The highest BCUT2D eigenvalue weighted by molar-refractivity contribution is 7.89. The topological polar surface area (TPSA) is 55.8 Å². The number of ether oxygens (including phenoxy) is 2. The molecular formula is C21H27NO4S. The van der Waals surface area contributed by atoms with Crippen LogP contribution in [0.15, 0.2) is 53.4 Å². The molecule has 0 saturated carbocycles. The van der Waals surface area contributed by atoms with Gasteiger partial charge in [0.1, 0.15) is 12.0 Å². The summed E-state index contributed by atoms with van der Waals surface area (Å²) in [6.45, 7) is 6.41. The molecule has 0 bridgehead atoms. The molecule has 6 heteroatoms. The number of rotatable bonds is 6. The van der Waals surface area contributed by atoms with Crippen LogP contribution in [-0.4, -0.2) is 38.7 Å². The van der Waals surface area contributed by atoms with Gasteiger partial charge in [0.25, 0.3) is 0 Å². The van der Waals surface area contributed by atoms with Crippen molar-refractivity contribution in [2.24, 2.45) is 5.92 Å². The summed E-state index contributed by atoms with van der Waals surface area (Å²) in [6.07, 6.45) is -0.0183. The first kappa shape index (κ1) is 19.9. The third-order valence-corrected chi connectivity index (χ3v) is 6.93. The maximum absolute atomic E-state index is 13.4. The molecule has 3 rings (SSSR count). The summed E-state index contributed by atoms with van der Waals surface area (Å²) in [5.41, 5.74) is 2.04. The van der Waals surface area contributed by atoms with E-state index >= 15 is 0 Å². The van der Waals surface area contributed by atoms with E-state index in [2.05, 4.69) is 0 Å². The Morgan fingerprint density at radius 1 is 1.11 bits per heavy atom. The minimum absolute atomic E-state index is 0.158. The summed E-state index contributed by atoms with van der Waals surface area (Å²) >= 11 is 0. The van der Waals surface area contributed by atoms with Crippen molar-refractivity contribution in [3.8, 4) is 5.75 Å². The molecule has 2 aromatic carbocycles. The van der Waals surface area contributed by atoms with Gasteiger partial charge in [-0.05, 0) is 42.7 Å². The zero-order valence-electron chi connectivity index (χ0n) is 16.3. The van der Waals surface area contributed by atoms with Crippen LogP contribution in [0.2, 0.25) is 0 Å². The molecule has 0 unspecified atom stereocenters. The summed E-state index contributed by atoms with van der Waals surface area (Å²) in [5, 5.41) is 0. The number of benzene rings is 2. The summed E-state index contributed by atoms with van der Waals surface area (Å²) in [6, 6.07) is 14.5. The van der Waals surface area contributed by atoms with Crippen molar-refractivity contribution in [3.05, 3.63) is 59.7 Å². The highest BCUT2D eigenvalue weighted by Crippen LogP contribution is 2.32. The van der Waals surface area contributed by atoms with E-state index in [-0.39, 0.29) is 12.0 Å². The van der Waals surface area contributed by atoms with Crippen molar-refractivity contribution in [1.82, 2.24) is 4.31 Å². The predicted octanol–water partition coefficient (Wildman–Crippen LogP) is 3.62. The fraction of sp³-hybridized carbons (Fsp3) is 0.429. The molecule has 0 radical (unpaired) electrons. The third-order valence-electron chi connectivity index (χ3n) is 5.01. The van der Waals surface area contributed by atoms with Crippen molar-refractivity contribution in [1.29, 1.82) is 0 Å². The first-order valence-corrected chi connectivity index (χ1v) is 10.6. The monoisotopic (exact) mass is 389 g/mol. The van der Waals surface area contributed by atoms with Crippen molar-refractivity contribution in [3.63, 3.8) is 0 Å². The van der Waals surface area contributed by atoms with Gasteiger partial charge in [0.15, 0.2) is 0 Å². The fourth-order valence-corrected chi connectivity index (χ4v) is 5.16. The van der Waals surface area contributed by atoms with Crippen molar-refractivity contribution in [2.75, 3.05) is 13.7 Å². The lowest BCUT2D eigenvalue weighted by Gasteiger charge is -2.29. The highest BCUT2D eigenvalue weighted by atomic mass is 32.2. The first-order valence-electron chi connectivity index (χ1n) is 9.17. The second-order valence-corrected chi connectivity index (χ2v) is 9.14. The second-order valence-electron chi connectivity index (χ2n) is 7.30. The van der Waals surface area contributed by atoms with Crippen LogP contribution in [0.3, 0.4) is 0 Å². The molecule has 0 aliphatic carbocycles. The maximum atomic E-state index is 13.4. The fourth-order valence-electron chi connectivity index (χ4n) is 3.33. The van der Waals surface area contributed by atoms with E-state index < -0.39 is 16.3 Å². The van der Waals surface area contributed by atoms with Crippen LogP contribution < -0.4 is 4.74 Å². The molecule has 1 saturated heterocycles. The minimum atomic E-state index is -3.65. The van der Waals surface area contributed by atoms with Gasteiger partial charge in [-0.2, -0.15) is 4.31 Å². The van der Waals surface area contributed by atoms with Crippen molar-refractivity contribution in [2.45, 2.75) is 44.4 Å². The van der Waals surface area contributed by atoms with Crippen LogP contribution in [0.5, 0.6) is 5.75 Å². The molecule has 1 aliphatic heterocycles. The Hall–Kier alpha value is -1.89. The number of hydrogen-bond acceptors (Lipinski definition) is 4. The molecule has 0 aromatic heterocycles. The lowest BCUT2D eigenvalue weighted by Crippen LogP contribution is -2.45. The smallest absolute Gasteiger partial charge is 0.245 e. The van der Waals surface area contributed by atoms with Crippen LogP contribution in [0.1, 0.15) is 25.0 Å². The summed E-state index contributed by atoms with van der Waals surface area (Å²) in [7, 11) is -2.02. The largest absolute Gasteiger partial charge is 0.497 e. The lowest BCUT2D eigenvalue weighted by molar-refractivity contribution is 0.0687. The summed E-state index contributed by atoms with van der Waals surface area (Å²) in [4.78, 5) is 0.309. The molecule has 5 nitrogen and oxygen atoms in total. The van der Waals surface area contributed by atoms with Gasteiger partial charge in [-0.25, -0.2) is 8.42 Å². The molecular weight excluding hydrogens is 362 g/mol. The van der Waals surface area contributed by atoms with E-state index in [0.717, 1.165) is 16.9 Å². The van der Waals surface area contributed by atoms with Gasteiger partial charge in [0.05, 0.1) is 24.7 Å². The average Bonchev–Trinajstić information content (AvgIpc) is 3.07. The lowest BCUT2D eigenvalue weighted by atomic mass is 10.1. The second kappa shape index (κ2) is 8.00. The van der Waals surface area contributed by atoms with E-state index in [9.17, 15) is 8.42 Å². The Morgan fingerprint density at radius 2 is 1.74 bits per heavy atom. The molecule has 1 fully saturated rings. The van der Waals surface area contributed by atoms with Gasteiger partial charge in [-0.1, -0.05) is 43.7 Å². The first-order chi connectivity index (χ1) is 12.8. The molecule has 1 aliphatic rings. The Kier molecular flexibility index (Phi) is 5.89. The zero-order valence-corrected chi connectivity index (χ0v) is 17.1. The van der Waals surface area contributed by atoms with Gasteiger partial charge < -0.3 is 9.47 Å². The van der Waals surface area contributed by atoms with E-state index in [1.54, 1.807) is 23.5 Å². The Morgan fingerprint density at radius 3 is 2.30 bits per heavy atom. The molecule has 0 N–H and O–H groups in total. The molecule has 146 valence electrons. The highest BCUT2D eigenvalue weighted by Gasteiger charge is 2.44. The van der Waals surface area contributed by atoms with Crippen LogP contribution in [0.4, 0.5) is 0 Å². The van der Waals surface area contributed by atoms with Crippen molar-refractivity contribution >= 4 is 10.0 Å². The SMILES string of the molecule is COc1ccc(C[C@@H]2OC[C@H](C(C)C)N2S(=O)(=O)c2ccc(C)cc2)cc1. The van der Waals surface area contributed by atoms with Crippen molar-refractivity contribution < 1.29 is 17.9 Å². The summed E-state index contributed by atoms with van der Waals surface area (Å²) < 4.78 is 39.5. The van der Waals surface area contributed by atoms with E-state index in [1.165, 1.54) is 0 Å². The standard InChI is InChI=1S/C21H27NO4S/c1-15(2)20-14-26-21(13-17-7-9-18(25-4)10-8-17)22(20)27(23,24)19-11-5-16(3)6-12-19/h5-12,15,20-21H,13-14H2,1-4H3/t20-,21+/m1/s1. The van der Waals surface area contributed by atoms with Crippen LogP contribution >= 0.6 is 0 Å². The quantitative estimate of drug-likeness (QED) is 0.757. The van der Waals surface area contributed by atoms with Gasteiger partial charge in [0.2, 0.25) is 10.0 Å². The van der Waals surface area contributed by atoms with E-state index in [4.69, 9.17) is 9.47 Å². The number of hydrogen-bond donors (Lipinski definition) is 0. The Balaban J connectivity index is 1.92. The molecule has 0 amide bonds. The zero-order chi connectivity index (χ0) is 19.6. The Labute approximate surface area is 162 Å². The predicted molar refractivity (Wildman–Crippen MR) is 105 cm³/mol. The molecule has 0 spiro atoms. The molecule has 1 heterocycles. The van der Waals surface area contributed by atoms with Crippen LogP contribution in [0.25, 0.3) is 0 Å². The van der Waals surface area contributed by atoms with Crippen LogP contribution in [-0.2, 0) is 21.2 Å². The third kappa shape index (κ3) is 4.18. The normalized spacial score (nSPS) is 20.9. The average molecular weight is 390 g/mol. The van der Waals surface area contributed by atoms with Gasteiger partial charge in [-0.3, -0.25) is 0 Å². The van der Waals surface area contributed by atoms with Crippen LogP contribution in [0, 0.1) is 12.8 Å². The number of nitrogens with zero attached hydrogens (tertiary/aromatic N) is 1. The number of methoxy groups -OCH3 is 1. The minimum Gasteiger partial charge on any atom is -0.497 e. The Bertz CT molecular complexity index is 860. The number of aryl methyl sites for hydroxylation is 1. The van der Waals surface area contributed by atoms with E-state index in [1.807, 2.05) is 57.2 Å². The molecule has 2 aromatic rings. The molecule has 2 atom stereocenters. The molecule has 27 heavy (non-hydrogen) atoms. The van der Waals surface area contributed by atoms with Gasteiger partial charge in [-0.15, -0.1) is 0 Å². The summed E-state index contributed by atoms with van der Waals surface area (Å²) in [5.74, 6) is 0.932. The van der Waals surface area contributed by atoms with E-state index in [0.29, 0.717) is 17.9 Å². The number of sulfonamides is 1.